The number of halogens is 2. The van der Waals surface area contributed by atoms with E-state index >= 15 is 0 Å². The summed E-state index contributed by atoms with van der Waals surface area (Å²) in [5.74, 6) is 1.36. The molecular weight excluding hydrogens is 378 g/mol. The molecule has 162 valence electrons. The maximum absolute atomic E-state index is 12.6. The summed E-state index contributed by atoms with van der Waals surface area (Å²) < 4.78 is 29.8. The maximum Gasteiger partial charge on any atom is 0.387 e. The summed E-state index contributed by atoms with van der Waals surface area (Å²) in [6.45, 7) is 6.08. The quantitative estimate of drug-likeness (QED) is 0.510. The van der Waals surface area contributed by atoms with Gasteiger partial charge in [-0.2, -0.15) is 8.78 Å². The third-order valence-electron chi connectivity index (χ3n) is 4.82. The highest BCUT2D eigenvalue weighted by Gasteiger charge is 2.20. The Morgan fingerprint density at radius 2 is 2.17 bits per heavy atom. The van der Waals surface area contributed by atoms with Crippen molar-refractivity contribution in [2.75, 3.05) is 26.2 Å². The third-order valence-corrected chi connectivity index (χ3v) is 4.82. The van der Waals surface area contributed by atoms with Crippen molar-refractivity contribution >= 4 is 11.9 Å². The summed E-state index contributed by atoms with van der Waals surface area (Å²) in [5, 5.41) is 6.26. The lowest BCUT2D eigenvalue weighted by atomic mass is 10.00. The first-order valence-corrected chi connectivity index (χ1v) is 10.2. The molecule has 6 nitrogen and oxygen atoms in total. The van der Waals surface area contributed by atoms with Crippen molar-refractivity contribution in [1.29, 1.82) is 0 Å². The number of guanidine groups is 1. The topological polar surface area (TPSA) is 66.0 Å². The summed E-state index contributed by atoms with van der Waals surface area (Å²) in [4.78, 5) is 18.8. The number of aliphatic imine (C=N–C) groups is 1. The predicted molar refractivity (Wildman–Crippen MR) is 110 cm³/mol. The molecule has 1 atom stereocenters. The molecule has 0 radical (unpaired) electrons. The van der Waals surface area contributed by atoms with Gasteiger partial charge in [0.2, 0.25) is 5.91 Å². The molecule has 0 aliphatic carbocycles. The number of benzene rings is 1. The first-order chi connectivity index (χ1) is 13.9. The summed E-state index contributed by atoms with van der Waals surface area (Å²) in [6.07, 6.45) is 2.63. The van der Waals surface area contributed by atoms with Crippen molar-refractivity contribution in [2.45, 2.75) is 53.2 Å². The van der Waals surface area contributed by atoms with Crippen LogP contribution >= 0.6 is 0 Å². The molecule has 2 N–H and O–H groups in total. The van der Waals surface area contributed by atoms with Crippen LogP contribution in [0.4, 0.5) is 8.78 Å². The van der Waals surface area contributed by atoms with Gasteiger partial charge in [-0.25, -0.2) is 4.99 Å². The molecule has 0 spiro atoms. The fourth-order valence-corrected chi connectivity index (χ4v) is 3.41. The Morgan fingerprint density at radius 3 is 2.86 bits per heavy atom. The van der Waals surface area contributed by atoms with Crippen LogP contribution in [0.2, 0.25) is 0 Å². The number of likely N-dealkylation sites (tertiary alicyclic amines) is 1. The van der Waals surface area contributed by atoms with Crippen molar-refractivity contribution in [3.63, 3.8) is 0 Å². The highest BCUT2D eigenvalue weighted by atomic mass is 19.3. The van der Waals surface area contributed by atoms with E-state index in [2.05, 4.69) is 27.3 Å². The van der Waals surface area contributed by atoms with Crippen LogP contribution in [0.5, 0.6) is 5.75 Å². The van der Waals surface area contributed by atoms with E-state index in [1.807, 2.05) is 18.7 Å². The number of piperidine rings is 1. The molecule has 1 saturated heterocycles. The normalized spacial score (nSPS) is 17.4. The van der Waals surface area contributed by atoms with Crippen LogP contribution in [0.15, 0.2) is 23.2 Å². The van der Waals surface area contributed by atoms with Crippen molar-refractivity contribution in [1.82, 2.24) is 15.5 Å². The number of carbonyl (C=O) groups is 1. The van der Waals surface area contributed by atoms with Crippen molar-refractivity contribution in [3.05, 3.63) is 29.3 Å². The van der Waals surface area contributed by atoms with E-state index in [1.165, 1.54) is 12.5 Å². The largest absolute Gasteiger partial charge is 0.434 e. The van der Waals surface area contributed by atoms with Gasteiger partial charge < -0.3 is 20.3 Å². The smallest absolute Gasteiger partial charge is 0.387 e. The Balaban J connectivity index is 1.92. The lowest BCUT2D eigenvalue weighted by Gasteiger charge is -2.31. The number of alkyl halides is 2. The first-order valence-electron chi connectivity index (χ1n) is 10.2. The van der Waals surface area contributed by atoms with Crippen LogP contribution in [-0.4, -0.2) is 49.6 Å². The Kier molecular flexibility index (Phi) is 9.15. The minimum absolute atomic E-state index is 0.125. The molecule has 1 aliphatic heterocycles. The molecule has 0 saturated carbocycles. The molecule has 1 aliphatic rings. The Bertz CT molecular complexity index is 697. The van der Waals surface area contributed by atoms with Crippen LogP contribution in [0.1, 0.15) is 44.2 Å². The molecule has 2 rings (SSSR count). The highest BCUT2D eigenvalue weighted by molar-refractivity contribution is 5.81. The number of aryl methyl sites for hydroxylation is 1. The predicted octanol–water partition coefficient (Wildman–Crippen LogP) is 3.30. The molecule has 0 bridgehead atoms. The Morgan fingerprint density at radius 1 is 1.38 bits per heavy atom. The average molecular weight is 411 g/mol. The zero-order valence-electron chi connectivity index (χ0n) is 17.5. The molecule has 1 unspecified atom stereocenters. The number of hydrogen-bond donors (Lipinski definition) is 2. The molecular formula is C21H32F2N4O2. The zero-order valence-corrected chi connectivity index (χ0v) is 17.5. The van der Waals surface area contributed by atoms with Gasteiger partial charge in [0.05, 0.1) is 6.54 Å². The fraction of sp³-hybridized carbons (Fsp3) is 0.619. The number of hydrogen-bond acceptors (Lipinski definition) is 3. The molecule has 8 heteroatoms. The molecule has 1 aromatic carbocycles. The number of rotatable bonds is 8. The minimum atomic E-state index is -2.88. The van der Waals surface area contributed by atoms with Crippen LogP contribution in [0, 0.1) is 12.8 Å². The molecule has 1 aromatic rings. The second-order valence-corrected chi connectivity index (χ2v) is 7.45. The molecule has 29 heavy (non-hydrogen) atoms. The van der Waals surface area contributed by atoms with Gasteiger partial charge in [-0.1, -0.05) is 24.6 Å². The number of carbonyl (C=O) groups excluding carboxylic acids is 1. The average Bonchev–Trinajstić information content (AvgIpc) is 2.67. The molecule has 1 fully saturated rings. The van der Waals surface area contributed by atoms with E-state index in [1.54, 1.807) is 12.1 Å². The van der Waals surface area contributed by atoms with Gasteiger partial charge in [-0.15, -0.1) is 0 Å². The number of ether oxygens (including phenoxy) is 1. The Hall–Kier alpha value is -2.38. The summed E-state index contributed by atoms with van der Waals surface area (Å²) in [7, 11) is 0. The summed E-state index contributed by atoms with van der Waals surface area (Å²) in [6, 6.07) is 5.04. The van der Waals surface area contributed by atoms with E-state index in [0.717, 1.165) is 25.1 Å². The van der Waals surface area contributed by atoms with Gasteiger partial charge in [-0.3, -0.25) is 4.79 Å². The van der Waals surface area contributed by atoms with Crippen LogP contribution in [-0.2, 0) is 11.3 Å². The zero-order chi connectivity index (χ0) is 21.2. The van der Waals surface area contributed by atoms with Crippen molar-refractivity contribution < 1.29 is 18.3 Å². The van der Waals surface area contributed by atoms with Gasteiger partial charge in [0, 0.05) is 38.2 Å². The van der Waals surface area contributed by atoms with E-state index in [0.29, 0.717) is 37.0 Å². The second-order valence-electron chi connectivity index (χ2n) is 7.45. The second kappa shape index (κ2) is 11.6. The van der Waals surface area contributed by atoms with Gasteiger partial charge in [0.1, 0.15) is 5.75 Å². The standard InChI is InChI=1S/C21H32F2N4O2/c1-4-24-21(25-10-9-19(28)27-11-5-6-16(3)14-27)26-13-17-12-15(2)7-8-18(17)29-20(22)23/h7-8,12,16,20H,4-6,9-11,13-14H2,1-3H3,(H2,24,25,26). The van der Waals surface area contributed by atoms with Crippen molar-refractivity contribution in [2.24, 2.45) is 10.9 Å². The fourth-order valence-electron chi connectivity index (χ4n) is 3.41. The Labute approximate surface area is 171 Å². The van der Waals surface area contributed by atoms with Crippen LogP contribution in [0.3, 0.4) is 0 Å². The third kappa shape index (κ3) is 7.87. The number of amides is 1. The summed E-state index contributed by atoms with van der Waals surface area (Å²) >= 11 is 0. The number of nitrogens with zero attached hydrogens (tertiary/aromatic N) is 2. The van der Waals surface area contributed by atoms with Gasteiger partial charge in [-0.05, 0) is 38.7 Å². The van der Waals surface area contributed by atoms with Crippen LogP contribution in [0.25, 0.3) is 0 Å². The van der Waals surface area contributed by atoms with Crippen molar-refractivity contribution in [3.8, 4) is 5.75 Å². The van der Waals surface area contributed by atoms with Gasteiger partial charge in [0.25, 0.3) is 0 Å². The summed E-state index contributed by atoms with van der Waals surface area (Å²) in [5.41, 5.74) is 1.53. The van der Waals surface area contributed by atoms with Crippen LogP contribution < -0.4 is 15.4 Å². The lowest BCUT2D eigenvalue weighted by Crippen LogP contribution is -2.42. The van der Waals surface area contributed by atoms with Gasteiger partial charge in [0.15, 0.2) is 5.96 Å². The van der Waals surface area contributed by atoms with E-state index in [9.17, 15) is 13.6 Å². The maximum atomic E-state index is 12.6. The molecule has 1 amide bonds. The first kappa shape index (κ1) is 22.9. The van der Waals surface area contributed by atoms with Gasteiger partial charge >= 0.3 is 6.61 Å². The number of nitrogens with one attached hydrogen (secondary N) is 2. The van der Waals surface area contributed by atoms with E-state index in [4.69, 9.17) is 0 Å². The minimum Gasteiger partial charge on any atom is -0.434 e. The molecule has 1 heterocycles. The van der Waals surface area contributed by atoms with E-state index in [-0.39, 0.29) is 18.2 Å². The highest BCUT2D eigenvalue weighted by Crippen LogP contribution is 2.23. The monoisotopic (exact) mass is 410 g/mol. The van der Waals surface area contributed by atoms with E-state index < -0.39 is 6.61 Å². The SMILES string of the molecule is CCNC(=NCc1cc(C)ccc1OC(F)F)NCCC(=O)N1CCCC(C)C1. The molecule has 0 aromatic heterocycles. The lowest BCUT2D eigenvalue weighted by molar-refractivity contribution is -0.132.